The van der Waals surface area contributed by atoms with Crippen molar-refractivity contribution in [3.05, 3.63) is 58.5 Å². The molecule has 0 fully saturated rings. The van der Waals surface area contributed by atoms with Crippen LogP contribution in [0.25, 0.3) is 11.1 Å². The minimum Gasteiger partial charge on any atom is -0.329 e. The molecule has 0 aliphatic carbocycles. The first-order valence-corrected chi connectivity index (χ1v) is 5.77. The van der Waals surface area contributed by atoms with Gasteiger partial charge in [0.25, 0.3) is 5.56 Å². The van der Waals surface area contributed by atoms with Crippen LogP contribution in [0.3, 0.4) is 0 Å². The summed E-state index contributed by atoms with van der Waals surface area (Å²) in [4.78, 5) is 14.4. The van der Waals surface area contributed by atoms with Crippen LogP contribution < -0.4 is 5.56 Å². The third-order valence-electron chi connectivity index (χ3n) is 2.86. The van der Waals surface area contributed by atoms with E-state index in [4.69, 9.17) is 0 Å². The number of hydrogen-bond acceptors (Lipinski definition) is 1. The van der Waals surface area contributed by atoms with Crippen molar-refractivity contribution in [1.29, 1.82) is 0 Å². The maximum Gasteiger partial charge on any atom is 0.255 e. The summed E-state index contributed by atoms with van der Waals surface area (Å²) in [7, 11) is 0. The lowest BCUT2D eigenvalue weighted by molar-refractivity contribution is 0.590. The minimum atomic E-state index is -0.0430. The maximum atomic E-state index is 11.7. The first-order chi connectivity index (χ1) is 7.98. The molecule has 2 rings (SSSR count). The maximum absolute atomic E-state index is 11.7. The highest BCUT2D eigenvalue weighted by Gasteiger charge is 2.14. The Labute approximate surface area is 101 Å². The molecular formula is C15H17NO. The van der Waals surface area contributed by atoms with Gasteiger partial charge in [-0.25, -0.2) is 0 Å². The normalized spacial score (nSPS) is 11.5. The van der Waals surface area contributed by atoms with Crippen LogP contribution >= 0.6 is 0 Å². The Kier molecular flexibility index (Phi) is 2.88. The van der Waals surface area contributed by atoms with Crippen molar-refractivity contribution < 1.29 is 0 Å². The second kappa shape index (κ2) is 4.21. The summed E-state index contributed by atoms with van der Waals surface area (Å²) in [5.74, 6) is 0. The zero-order valence-electron chi connectivity index (χ0n) is 10.4. The molecule has 0 amide bonds. The molecular weight excluding hydrogens is 210 g/mol. The summed E-state index contributed by atoms with van der Waals surface area (Å²) in [6.45, 7) is 6.50. The molecule has 0 unspecified atom stereocenters. The Bertz CT molecular complexity index is 576. The van der Waals surface area contributed by atoms with Gasteiger partial charge in [0.05, 0.1) is 0 Å². The molecule has 88 valence electrons. The number of rotatable bonds is 1. The Morgan fingerprint density at radius 3 is 2.47 bits per heavy atom. The van der Waals surface area contributed by atoms with Crippen LogP contribution in [-0.2, 0) is 5.41 Å². The number of benzene rings is 1. The van der Waals surface area contributed by atoms with Crippen molar-refractivity contribution in [2.24, 2.45) is 0 Å². The van der Waals surface area contributed by atoms with Crippen molar-refractivity contribution >= 4 is 0 Å². The van der Waals surface area contributed by atoms with Gasteiger partial charge in [-0.3, -0.25) is 4.79 Å². The Hall–Kier alpha value is -1.83. The van der Waals surface area contributed by atoms with Gasteiger partial charge in [-0.2, -0.15) is 0 Å². The van der Waals surface area contributed by atoms with Crippen molar-refractivity contribution in [3.63, 3.8) is 0 Å². The second-order valence-corrected chi connectivity index (χ2v) is 5.24. The Morgan fingerprint density at radius 2 is 1.82 bits per heavy atom. The number of pyridine rings is 1. The zero-order chi connectivity index (χ0) is 12.5. The molecule has 0 saturated carbocycles. The fourth-order valence-corrected chi connectivity index (χ4v) is 1.80. The fraction of sp³-hybridized carbons (Fsp3) is 0.267. The Balaban J connectivity index is 2.55. The van der Waals surface area contributed by atoms with Gasteiger partial charge in [0.2, 0.25) is 0 Å². The van der Waals surface area contributed by atoms with Crippen molar-refractivity contribution in [2.75, 3.05) is 0 Å². The summed E-state index contributed by atoms with van der Waals surface area (Å²) in [5.41, 5.74) is 2.98. The van der Waals surface area contributed by atoms with E-state index in [-0.39, 0.29) is 11.0 Å². The molecule has 2 aromatic rings. The smallest absolute Gasteiger partial charge is 0.255 e. The molecule has 2 nitrogen and oxygen atoms in total. The Morgan fingerprint density at radius 1 is 1.06 bits per heavy atom. The van der Waals surface area contributed by atoms with Gasteiger partial charge >= 0.3 is 0 Å². The lowest BCUT2D eigenvalue weighted by Crippen LogP contribution is -2.12. The average molecular weight is 227 g/mol. The number of aromatic amines is 1. The molecule has 1 aromatic heterocycles. The van der Waals surface area contributed by atoms with Crippen molar-refractivity contribution in [2.45, 2.75) is 26.2 Å². The molecule has 0 aliphatic heterocycles. The summed E-state index contributed by atoms with van der Waals surface area (Å²) in [6, 6.07) is 11.9. The lowest BCUT2D eigenvalue weighted by atomic mass is 9.85. The first-order valence-electron chi connectivity index (χ1n) is 5.77. The quantitative estimate of drug-likeness (QED) is 0.796. The highest BCUT2D eigenvalue weighted by molar-refractivity contribution is 5.63. The van der Waals surface area contributed by atoms with E-state index >= 15 is 0 Å². The van der Waals surface area contributed by atoms with Crippen LogP contribution in [0.1, 0.15) is 26.3 Å². The molecule has 1 heterocycles. The van der Waals surface area contributed by atoms with Gasteiger partial charge in [0.1, 0.15) is 0 Å². The molecule has 1 aromatic carbocycles. The van der Waals surface area contributed by atoms with Gasteiger partial charge in [-0.15, -0.1) is 0 Å². The molecule has 0 radical (unpaired) electrons. The molecule has 0 saturated heterocycles. The summed E-state index contributed by atoms with van der Waals surface area (Å²) in [6.07, 6.45) is 1.65. The van der Waals surface area contributed by atoms with Gasteiger partial charge in [-0.1, -0.05) is 45.0 Å². The van der Waals surface area contributed by atoms with E-state index in [0.717, 1.165) is 11.1 Å². The molecule has 0 bridgehead atoms. The predicted molar refractivity (Wildman–Crippen MR) is 71.2 cm³/mol. The standard InChI is InChI=1S/C15H17NO/c1-15(2,3)12-7-4-6-11(10-12)13-8-5-9-16-14(13)17/h4-10H,1-3H3,(H,16,17). The van der Waals surface area contributed by atoms with E-state index in [1.54, 1.807) is 6.20 Å². The van der Waals surface area contributed by atoms with Crippen LogP contribution in [0, 0.1) is 0 Å². The van der Waals surface area contributed by atoms with Gasteiger partial charge in [-0.05, 0) is 28.7 Å². The summed E-state index contributed by atoms with van der Waals surface area (Å²) >= 11 is 0. The van der Waals surface area contributed by atoms with E-state index in [0.29, 0.717) is 0 Å². The number of nitrogens with one attached hydrogen (secondary N) is 1. The van der Waals surface area contributed by atoms with Crippen molar-refractivity contribution in [3.8, 4) is 11.1 Å². The largest absolute Gasteiger partial charge is 0.329 e. The van der Waals surface area contributed by atoms with Crippen molar-refractivity contribution in [1.82, 2.24) is 4.98 Å². The SMILES string of the molecule is CC(C)(C)c1cccc(-c2ccc[nH]c2=O)c1. The lowest BCUT2D eigenvalue weighted by Gasteiger charge is -2.19. The van der Waals surface area contributed by atoms with Gasteiger partial charge < -0.3 is 4.98 Å². The molecule has 0 aliphatic rings. The van der Waals surface area contributed by atoms with E-state index in [2.05, 4.69) is 37.9 Å². The van der Waals surface area contributed by atoms with Gasteiger partial charge in [0.15, 0.2) is 0 Å². The van der Waals surface area contributed by atoms with Gasteiger partial charge in [0, 0.05) is 11.8 Å². The van der Waals surface area contributed by atoms with Crippen LogP contribution in [0.15, 0.2) is 47.4 Å². The third kappa shape index (κ3) is 2.47. The molecule has 2 heteroatoms. The molecule has 17 heavy (non-hydrogen) atoms. The summed E-state index contributed by atoms with van der Waals surface area (Å²) in [5, 5.41) is 0. The number of hydrogen-bond donors (Lipinski definition) is 1. The van der Waals surface area contributed by atoms with Crippen LogP contribution in [0.2, 0.25) is 0 Å². The van der Waals surface area contributed by atoms with E-state index in [9.17, 15) is 4.79 Å². The first kappa shape index (κ1) is 11.6. The van der Waals surface area contributed by atoms with Crippen LogP contribution in [0.4, 0.5) is 0 Å². The van der Waals surface area contributed by atoms with E-state index in [1.165, 1.54) is 5.56 Å². The predicted octanol–water partition coefficient (Wildman–Crippen LogP) is 3.34. The topological polar surface area (TPSA) is 32.9 Å². The molecule has 0 atom stereocenters. The van der Waals surface area contributed by atoms with E-state index in [1.807, 2.05) is 24.3 Å². The van der Waals surface area contributed by atoms with Crippen LogP contribution in [0.5, 0.6) is 0 Å². The third-order valence-corrected chi connectivity index (χ3v) is 2.86. The highest BCUT2D eigenvalue weighted by Crippen LogP contribution is 2.25. The minimum absolute atomic E-state index is 0.0430. The highest BCUT2D eigenvalue weighted by atomic mass is 16.1. The monoisotopic (exact) mass is 227 g/mol. The number of aromatic nitrogens is 1. The number of H-pyrrole nitrogens is 1. The zero-order valence-corrected chi connectivity index (χ0v) is 10.4. The van der Waals surface area contributed by atoms with E-state index < -0.39 is 0 Å². The fourth-order valence-electron chi connectivity index (χ4n) is 1.80. The average Bonchev–Trinajstić information content (AvgIpc) is 2.29. The molecule has 0 spiro atoms. The second-order valence-electron chi connectivity index (χ2n) is 5.24. The summed E-state index contributed by atoms with van der Waals surface area (Å²) < 4.78 is 0. The van der Waals surface area contributed by atoms with Crippen LogP contribution in [-0.4, -0.2) is 4.98 Å². The molecule has 1 N–H and O–H groups in total.